The van der Waals surface area contributed by atoms with Crippen LogP contribution in [0, 0.1) is 6.92 Å². The summed E-state index contributed by atoms with van der Waals surface area (Å²) in [6.45, 7) is 3.55. The van der Waals surface area contributed by atoms with E-state index in [4.69, 9.17) is 16.3 Å². The number of benzene rings is 3. The third-order valence-electron chi connectivity index (χ3n) is 4.30. The first-order chi connectivity index (χ1) is 14.2. The van der Waals surface area contributed by atoms with Crippen molar-refractivity contribution in [3.8, 4) is 5.75 Å². The first-order valence-electron chi connectivity index (χ1n) is 9.16. The van der Waals surface area contributed by atoms with Crippen LogP contribution in [0.2, 0.25) is 5.02 Å². The van der Waals surface area contributed by atoms with Gasteiger partial charge in [-0.3, -0.25) is 9.52 Å². The van der Waals surface area contributed by atoms with Crippen molar-refractivity contribution >= 4 is 38.9 Å². The van der Waals surface area contributed by atoms with Crippen LogP contribution in [-0.2, 0) is 14.8 Å². The lowest BCUT2D eigenvalue weighted by Crippen LogP contribution is -2.30. The lowest BCUT2D eigenvalue weighted by atomic mass is 10.2. The summed E-state index contributed by atoms with van der Waals surface area (Å²) in [4.78, 5) is 12.5. The highest BCUT2D eigenvalue weighted by Gasteiger charge is 2.17. The Hall–Kier alpha value is -3.03. The maximum Gasteiger partial charge on any atom is 0.265 e. The molecule has 3 rings (SSSR count). The van der Waals surface area contributed by atoms with Crippen LogP contribution in [0.4, 0.5) is 11.4 Å². The molecule has 1 unspecified atom stereocenters. The lowest BCUT2D eigenvalue weighted by molar-refractivity contribution is -0.122. The van der Waals surface area contributed by atoms with E-state index in [0.717, 1.165) is 5.56 Å². The maximum atomic E-state index is 12.5. The molecule has 156 valence electrons. The van der Waals surface area contributed by atoms with Crippen molar-refractivity contribution in [3.05, 3.63) is 83.4 Å². The SMILES string of the molecule is Cc1ccccc1OC(C)C(=O)Nc1ccc(S(=O)(=O)Nc2ccc(Cl)cc2)cc1. The molecule has 3 aromatic carbocycles. The van der Waals surface area contributed by atoms with Gasteiger partial charge in [-0.1, -0.05) is 29.8 Å². The number of rotatable bonds is 7. The molecule has 0 aromatic heterocycles. The molecule has 8 heteroatoms. The number of carbonyl (C=O) groups is 1. The van der Waals surface area contributed by atoms with Gasteiger partial charge in [-0.25, -0.2) is 8.42 Å². The maximum absolute atomic E-state index is 12.5. The van der Waals surface area contributed by atoms with Crippen molar-refractivity contribution < 1.29 is 17.9 Å². The topological polar surface area (TPSA) is 84.5 Å². The van der Waals surface area contributed by atoms with Crippen molar-refractivity contribution in [2.24, 2.45) is 0 Å². The van der Waals surface area contributed by atoms with Gasteiger partial charge in [-0.15, -0.1) is 0 Å². The molecule has 0 aliphatic carbocycles. The van der Waals surface area contributed by atoms with E-state index in [1.54, 1.807) is 37.3 Å². The number of amides is 1. The molecule has 0 aliphatic heterocycles. The molecule has 0 radical (unpaired) electrons. The molecular formula is C22H21ClN2O4S. The summed E-state index contributed by atoms with van der Waals surface area (Å²) >= 11 is 5.81. The predicted molar refractivity (Wildman–Crippen MR) is 119 cm³/mol. The zero-order chi connectivity index (χ0) is 21.7. The highest BCUT2D eigenvalue weighted by Crippen LogP contribution is 2.21. The number of hydrogen-bond donors (Lipinski definition) is 2. The summed E-state index contributed by atoms with van der Waals surface area (Å²) in [5.41, 5.74) is 1.80. The molecule has 1 amide bonds. The van der Waals surface area contributed by atoms with E-state index in [1.165, 1.54) is 24.3 Å². The average Bonchev–Trinajstić information content (AvgIpc) is 2.71. The molecule has 0 aliphatic rings. The second-order valence-electron chi connectivity index (χ2n) is 6.65. The van der Waals surface area contributed by atoms with E-state index >= 15 is 0 Å². The van der Waals surface area contributed by atoms with Crippen molar-refractivity contribution in [2.75, 3.05) is 10.0 Å². The predicted octanol–water partition coefficient (Wildman–Crippen LogP) is 4.86. The zero-order valence-electron chi connectivity index (χ0n) is 16.4. The van der Waals surface area contributed by atoms with Gasteiger partial charge in [0.1, 0.15) is 5.75 Å². The Morgan fingerprint density at radius 1 is 0.933 bits per heavy atom. The van der Waals surface area contributed by atoms with Gasteiger partial charge in [0.15, 0.2) is 6.10 Å². The molecule has 3 aromatic rings. The van der Waals surface area contributed by atoms with E-state index < -0.39 is 16.1 Å². The number of nitrogens with one attached hydrogen (secondary N) is 2. The third-order valence-corrected chi connectivity index (χ3v) is 5.94. The first kappa shape index (κ1) is 21.7. The summed E-state index contributed by atoms with van der Waals surface area (Å²) in [6.07, 6.45) is -0.721. The number of halogens is 1. The van der Waals surface area contributed by atoms with Crippen LogP contribution in [0.1, 0.15) is 12.5 Å². The third kappa shape index (κ3) is 5.52. The van der Waals surface area contributed by atoms with E-state index in [0.29, 0.717) is 22.1 Å². The fourth-order valence-electron chi connectivity index (χ4n) is 2.63. The summed E-state index contributed by atoms with van der Waals surface area (Å²) < 4.78 is 33.2. The number of ether oxygens (including phenoxy) is 1. The Balaban J connectivity index is 1.64. The van der Waals surface area contributed by atoms with Gasteiger partial charge >= 0.3 is 0 Å². The van der Waals surface area contributed by atoms with E-state index in [9.17, 15) is 13.2 Å². The van der Waals surface area contributed by atoms with Crippen LogP contribution in [0.5, 0.6) is 5.75 Å². The van der Waals surface area contributed by atoms with E-state index in [2.05, 4.69) is 10.0 Å². The van der Waals surface area contributed by atoms with E-state index in [-0.39, 0.29) is 10.8 Å². The monoisotopic (exact) mass is 444 g/mol. The Morgan fingerprint density at radius 2 is 1.53 bits per heavy atom. The summed E-state index contributed by atoms with van der Waals surface area (Å²) in [7, 11) is -3.76. The number of sulfonamides is 1. The van der Waals surface area contributed by atoms with Gasteiger partial charge in [0, 0.05) is 16.4 Å². The average molecular weight is 445 g/mol. The molecule has 0 saturated carbocycles. The fourth-order valence-corrected chi connectivity index (χ4v) is 3.81. The van der Waals surface area contributed by atoms with Crippen LogP contribution in [0.3, 0.4) is 0 Å². The largest absolute Gasteiger partial charge is 0.481 e. The highest BCUT2D eigenvalue weighted by atomic mass is 35.5. The van der Waals surface area contributed by atoms with Gasteiger partial charge in [-0.2, -0.15) is 0 Å². The number of aryl methyl sites for hydroxylation is 1. The molecule has 0 fully saturated rings. The molecule has 0 spiro atoms. The number of hydrogen-bond acceptors (Lipinski definition) is 4. The summed E-state index contributed by atoms with van der Waals surface area (Å²) in [5.74, 6) is 0.294. The van der Waals surface area contributed by atoms with E-state index in [1.807, 2.05) is 25.1 Å². The molecule has 2 N–H and O–H groups in total. The standard InChI is InChI=1S/C22H21ClN2O4S/c1-15-5-3-4-6-21(15)29-16(2)22(26)24-18-11-13-20(14-12-18)30(27,28)25-19-9-7-17(23)8-10-19/h3-14,16,25H,1-2H3,(H,24,26). The minimum atomic E-state index is -3.76. The minimum Gasteiger partial charge on any atom is -0.481 e. The molecule has 6 nitrogen and oxygen atoms in total. The second-order valence-corrected chi connectivity index (χ2v) is 8.77. The van der Waals surface area contributed by atoms with Crippen molar-refractivity contribution in [3.63, 3.8) is 0 Å². The first-order valence-corrected chi connectivity index (χ1v) is 11.0. The zero-order valence-corrected chi connectivity index (χ0v) is 18.0. The second kappa shape index (κ2) is 9.19. The number of anilines is 2. The quantitative estimate of drug-likeness (QED) is 0.545. The van der Waals surface area contributed by atoms with Crippen molar-refractivity contribution in [1.29, 1.82) is 0 Å². The van der Waals surface area contributed by atoms with Crippen LogP contribution in [0.25, 0.3) is 0 Å². The molecule has 30 heavy (non-hydrogen) atoms. The van der Waals surface area contributed by atoms with Crippen LogP contribution in [0.15, 0.2) is 77.7 Å². The Morgan fingerprint density at radius 3 is 2.17 bits per heavy atom. The van der Waals surface area contributed by atoms with Crippen LogP contribution < -0.4 is 14.8 Å². The highest BCUT2D eigenvalue weighted by molar-refractivity contribution is 7.92. The summed E-state index contributed by atoms with van der Waals surface area (Å²) in [5, 5.41) is 3.23. The molecule has 0 heterocycles. The van der Waals surface area contributed by atoms with Crippen molar-refractivity contribution in [1.82, 2.24) is 0 Å². The molecule has 1 atom stereocenters. The Labute approximate surface area is 180 Å². The number of carbonyl (C=O) groups excluding carboxylic acids is 1. The Kier molecular flexibility index (Phi) is 6.64. The van der Waals surface area contributed by atoms with Crippen molar-refractivity contribution in [2.45, 2.75) is 24.8 Å². The summed E-state index contributed by atoms with van der Waals surface area (Å²) in [6, 6.07) is 19.6. The van der Waals surface area contributed by atoms with Gasteiger partial charge in [-0.05, 0) is 74.0 Å². The van der Waals surface area contributed by atoms with Gasteiger partial charge in [0.2, 0.25) is 0 Å². The molecule has 0 bridgehead atoms. The molecule has 0 saturated heterocycles. The smallest absolute Gasteiger partial charge is 0.265 e. The lowest BCUT2D eigenvalue weighted by Gasteiger charge is -2.16. The number of para-hydroxylation sites is 1. The van der Waals surface area contributed by atoms with Gasteiger partial charge in [0.05, 0.1) is 4.90 Å². The Bertz CT molecular complexity index is 1130. The van der Waals surface area contributed by atoms with Crippen LogP contribution in [-0.4, -0.2) is 20.4 Å². The fraction of sp³-hybridized carbons (Fsp3) is 0.136. The normalized spacial score (nSPS) is 12.1. The van der Waals surface area contributed by atoms with Gasteiger partial charge < -0.3 is 10.1 Å². The minimum absolute atomic E-state index is 0.0691. The van der Waals surface area contributed by atoms with Crippen LogP contribution >= 0.6 is 11.6 Å². The van der Waals surface area contributed by atoms with Gasteiger partial charge in [0.25, 0.3) is 15.9 Å². The molecular weight excluding hydrogens is 424 g/mol.